The maximum absolute atomic E-state index is 10.2. The van der Waals surface area contributed by atoms with Gasteiger partial charge in [0.2, 0.25) is 0 Å². The Morgan fingerprint density at radius 3 is 2.90 bits per heavy atom. The molecule has 0 saturated carbocycles. The minimum absolute atomic E-state index is 0.0949. The summed E-state index contributed by atoms with van der Waals surface area (Å²) in [6.07, 6.45) is 3.26. The van der Waals surface area contributed by atoms with Crippen LogP contribution in [0.25, 0.3) is 0 Å². The van der Waals surface area contributed by atoms with Crippen LogP contribution in [0.2, 0.25) is 5.15 Å². The lowest BCUT2D eigenvalue weighted by molar-refractivity contribution is 0.0696. The van der Waals surface area contributed by atoms with Gasteiger partial charge in [0.15, 0.2) is 6.33 Å². The first kappa shape index (κ1) is 6.95. The summed E-state index contributed by atoms with van der Waals surface area (Å²) >= 11 is 5.36. The first-order valence-electron chi connectivity index (χ1n) is 2.33. The predicted octanol–water partition coefficient (Wildman–Crippen LogP) is 0.628. The monoisotopic (exact) mass is 157 g/mol. The molecule has 0 bridgehead atoms. The normalized spacial score (nSPS) is 9.30. The Hall–Kier alpha value is -1.16. The minimum Gasteiger partial charge on any atom is -0.478 e. The summed E-state index contributed by atoms with van der Waals surface area (Å²) in [6, 6.07) is 0. The molecule has 0 aliphatic rings. The molecule has 10 heavy (non-hydrogen) atoms. The number of rotatable bonds is 1. The molecule has 0 aromatic carbocycles. The van der Waals surface area contributed by atoms with Crippen LogP contribution in [0.5, 0.6) is 0 Å². The molecule has 0 unspecified atom stereocenters. The summed E-state index contributed by atoms with van der Waals surface area (Å²) in [4.78, 5) is 17.0. The Kier molecular flexibility index (Phi) is 1.82. The molecule has 1 rings (SSSR count). The zero-order chi connectivity index (χ0) is 7.56. The number of aromatic carboxylic acids is 1. The molecule has 0 spiro atoms. The van der Waals surface area contributed by atoms with Gasteiger partial charge in [-0.2, -0.15) is 0 Å². The molecule has 0 atom stereocenters. The van der Waals surface area contributed by atoms with Crippen molar-refractivity contribution < 1.29 is 9.90 Å². The van der Waals surface area contributed by atoms with E-state index in [1.807, 2.05) is 0 Å². The quantitative estimate of drug-likeness (QED) is 0.608. The number of aromatic nitrogens is 2. The van der Waals surface area contributed by atoms with Crippen molar-refractivity contribution in [1.82, 2.24) is 9.97 Å². The molecule has 1 N–H and O–H groups in total. The van der Waals surface area contributed by atoms with Gasteiger partial charge in [0.1, 0.15) is 10.7 Å². The van der Waals surface area contributed by atoms with E-state index in [0.717, 1.165) is 6.20 Å². The molecule has 0 aliphatic heterocycles. The summed E-state index contributed by atoms with van der Waals surface area (Å²) < 4.78 is 0. The fourth-order valence-electron chi connectivity index (χ4n) is 0.423. The molecule has 1 aromatic rings. The van der Waals surface area contributed by atoms with E-state index >= 15 is 0 Å². The molecular weight excluding hydrogens is 156 g/mol. The van der Waals surface area contributed by atoms with Crippen molar-refractivity contribution in [2.75, 3.05) is 0 Å². The maximum atomic E-state index is 10.2. The molecule has 51 valence electrons. The summed E-state index contributed by atoms with van der Waals surface area (Å²) in [5.41, 5.74) is -0.111. The van der Waals surface area contributed by atoms with Crippen molar-refractivity contribution in [3.8, 4) is 0 Å². The van der Waals surface area contributed by atoms with Crippen LogP contribution in [0.1, 0.15) is 10.4 Å². The lowest BCUT2D eigenvalue weighted by Crippen LogP contribution is -1.99. The Morgan fingerprint density at radius 2 is 2.50 bits per heavy atom. The molecule has 5 heteroatoms. The Balaban J connectivity index is 3.15. The van der Waals surface area contributed by atoms with Crippen LogP contribution in [0.3, 0.4) is 0 Å². The Bertz CT molecular complexity index is 264. The maximum Gasteiger partial charge on any atom is 0.340 e. The number of carbonyl (C=O) groups is 1. The van der Waals surface area contributed by atoms with Crippen molar-refractivity contribution >= 4 is 17.6 Å². The van der Waals surface area contributed by atoms with Crippen molar-refractivity contribution in [2.24, 2.45) is 0 Å². The van der Waals surface area contributed by atoms with E-state index in [9.17, 15) is 4.79 Å². The van der Waals surface area contributed by atoms with Crippen LogP contribution in [0, 0.1) is 6.33 Å². The fourth-order valence-corrected chi connectivity index (χ4v) is 0.591. The van der Waals surface area contributed by atoms with E-state index in [0.29, 0.717) is 0 Å². The van der Waals surface area contributed by atoms with Gasteiger partial charge in [0.25, 0.3) is 0 Å². The second-order valence-electron chi connectivity index (χ2n) is 1.48. The Morgan fingerprint density at radius 1 is 1.80 bits per heavy atom. The first-order valence-corrected chi connectivity index (χ1v) is 2.71. The molecule has 0 amide bonds. The van der Waals surface area contributed by atoms with E-state index in [4.69, 9.17) is 16.7 Å². The minimum atomic E-state index is -1.14. The van der Waals surface area contributed by atoms with Gasteiger partial charge >= 0.3 is 5.97 Å². The van der Waals surface area contributed by atoms with Gasteiger partial charge in [-0.15, -0.1) is 0 Å². The molecule has 0 saturated heterocycles. The highest BCUT2D eigenvalue weighted by Gasteiger charge is 2.07. The van der Waals surface area contributed by atoms with Crippen LogP contribution in [0.4, 0.5) is 0 Å². The third-order valence-corrected chi connectivity index (χ3v) is 1.14. The molecule has 1 heterocycles. The number of carboxylic acids is 1. The van der Waals surface area contributed by atoms with Gasteiger partial charge in [-0.05, 0) is 0 Å². The van der Waals surface area contributed by atoms with Crippen LogP contribution in [0.15, 0.2) is 6.20 Å². The number of nitrogens with zero attached hydrogens (tertiary/aromatic N) is 2. The van der Waals surface area contributed by atoms with Crippen molar-refractivity contribution in [3.05, 3.63) is 23.2 Å². The second kappa shape index (κ2) is 2.62. The zero-order valence-corrected chi connectivity index (χ0v) is 5.46. The fraction of sp³-hybridized carbons (Fsp3) is 0. The number of hydrogen-bond donors (Lipinski definition) is 1. The molecule has 4 nitrogen and oxygen atoms in total. The summed E-state index contributed by atoms with van der Waals surface area (Å²) in [7, 11) is 0. The number of hydrogen-bond acceptors (Lipinski definition) is 3. The summed E-state index contributed by atoms with van der Waals surface area (Å²) in [6.45, 7) is 0. The van der Waals surface area contributed by atoms with Gasteiger partial charge in [-0.25, -0.2) is 14.8 Å². The average Bonchev–Trinajstić information content (AvgIpc) is 1.88. The summed E-state index contributed by atoms with van der Waals surface area (Å²) in [5.74, 6) is -1.14. The average molecular weight is 158 g/mol. The smallest absolute Gasteiger partial charge is 0.340 e. The highest BCUT2D eigenvalue weighted by Crippen LogP contribution is 2.08. The highest BCUT2D eigenvalue weighted by atomic mass is 35.5. The topological polar surface area (TPSA) is 63.1 Å². The third kappa shape index (κ3) is 1.22. The van der Waals surface area contributed by atoms with Crippen LogP contribution in [-0.2, 0) is 0 Å². The van der Waals surface area contributed by atoms with E-state index < -0.39 is 5.97 Å². The van der Waals surface area contributed by atoms with Crippen LogP contribution < -0.4 is 0 Å². The van der Waals surface area contributed by atoms with Crippen molar-refractivity contribution in [3.63, 3.8) is 0 Å². The summed E-state index contributed by atoms with van der Waals surface area (Å²) in [5, 5.41) is 8.29. The standard InChI is InChI=1S/C5H2ClN2O2/c6-4-3(5(9)10)1-7-2-8-4/h1H,(H,9,10). The molecule has 1 aromatic heterocycles. The van der Waals surface area contributed by atoms with Gasteiger partial charge in [0, 0.05) is 6.20 Å². The third-order valence-electron chi connectivity index (χ3n) is 0.852. The van der Waals surface area contributed by atoms with E-state index in [-0.39, 0.29) is 10.7 Å². The van der Waals surface area contributed by atoms with Crippen LogP contribution >= 0.6 is 11.6 Å². The van der Waals surface area contributed by atoms with E-state index in [1.165, 1.54) is 0 Å². The molecular formula is C5H2ClN2O2. The van der Waals surface area contributed by atoms with E-state index in [2.05, 4.69) is 16.3 Å². The van der Waals surface area contributed by atoms with Gasteiger partial charge in [-0.1, -0.05) is 11.6 Å². The van der Waals surface area contributed by atoms with Gasteiger partial charge < -0.3 is 5.11 Å². The van der Waals surface area contributed by atoms with Crippen LogP contribution in [-0.4, -0.2) is 21.0 Å². The van der Waals surface area contributed by atoms with E-state index in [1.54, 1.807) is 0 Å². The lowest BCUT2D eigenvalue weighted by Gasteiger charge is -1.91. The number of halogens is 1. The van der Waals surface area contributed by atoms with Crippen molar-refractivity contribution in [1.29, 1.82) is 0 Å². The predicted molar refractivity (Wildman–Crippen MR) is 32.8 cm³/mol. The SMILES string of the molecule is O=C(O)c1cn[c]nc1Cl. The second-order valence-corrected chi connectivity index (χ2v) is 1.84. The first-order chi connectivity index (χ1) is 4.72. The largest absolute Gasteiger partial charge is 0.478 e. The molecule has 0 aliphatic carbocycles. The molecule has 1 radical (unpaired) electrons. The van der Waals surface area contributed by atoms with Gasteiger partial charge in [-0.3, -0.25) is 0 Å². The Labute approximate surface area is 61.5 Å². The zero-order valence-electron chi connectivity index (χ0n) is 4.71. The highest BCUT2D eigenvalue weighted by molar-refractivity contribution is 6.32. The lowest BCUT2D eigenvalue weighted by atomic mass is 10.3. The molecule has 0 fully saturated rings. The number of carboxylic acid groups (broad SMARTS) is 1. The van der Waals surface area contributed by atoms with Crippen molar-refractivity contribution in [2.45, 2.75) is 0 Å². The van der Waals surface area contributed by atoms with Gasteiger partial charge in [0.05, 0.1) is 0 Å².